The van der Waals surface area contributed by atoms with Crippen molar-refractivity contribution in [3.05, 3.63) is 54.2 Å². The first-order chi connectivity index (χ1) is 14.6. The standard InChI is InChI=1S/C23H29N5O2/c1-26-11-9-19(10-12-26)23(30)28-15-13-27(14-16-28)20-7-8-21(24-17-20)25-22(29)18-5-3-2-4-6-18/h2-8,17,19H,9-16H2,1H3,(H,24,25,29). The number of piperazine rings is 1. The fraction of sp³-hybridized carbons (Fsp3) is 0.435. The van der Waals surface area contributed by atoms with Crippen LogP contribution in [0.4, 0.5) is 11.5 Å². The van der Waals surface area contributed by atoms with Crippen LogP contribution in [0, 0.1) is 5.92 Å². The van der Waals surface area contributed by atoms with E-state index in [0.29, 0.717) is 17.3 Å². The summed E-state index contributed by atoms with van der Waals surface area (Å²) >= 11 is 0. The van der Waals surface area contributed by atoms with Crippen molar-refractivity contribution in [1.82, 2.24) is 14.8 Å². The predicted octanol–water partition coefficient (Wildman–Crippen LogP) is 2.32. The molecule has 7 nitrogen and oxygen atoms in total. The van der Waals surface area contributed by atoms with Crippen molar-refractivity contribution < 1.29 is 9.59 Å². The maximum absolute atomic E-state index is 12.8. The van der Waals surface area contributed by atoms with E-state index in [4.69, 9.17) is 0 Å². The number of nitrogens with zero attached hydrogens (tertiary/aromatic N) is 4. The summed E-state index contributed by atoms with van der Waals surface area (Å²) in [6.45, 7) is 5.12. The lowest BCUT2D eigenvalue weighted by Crippen LogP contribution is -2.51. The van der Waals surface area contributed by atoms with Gasteiger partial charge in [0.05, 0.1) is 11.9 Å². The topological polar surface area (TPSA) is 68.8 Å². The van der Waals surface area contributed by atoms with Crippen molar-refractivity contribution in [3.8, 4) is 0 Å². The Hall–Kier alpha value is -2.93. The van der Waals surface area contributed by atoms with Crippen LogP contribution in [0.25, 0.3) is 0 Å². The Labute approximate surface area is 177 Å². The maximum Gasteiger partial charge on any atom is 0.256 e. The first kappa shape index (κ1) is 20.3. The Bertz CT molecular complexity index is 855. The Morgan fingerprint density at radius 3 is 2.27 bits per heavy atom. The molecule has 30 heavy (non-hydrogen) atoms. The number of likely N-dealkylation sites (tertiary alicyclic amines) is 1. The van der Waals surface area contributed by atoms with E-state index < -0.39 is 0 Å². The van der Waals surface area contributed by atoms with Crippen molar-refractivity contribution in [2.45, 2.75) is 12.8 Å². The van der Waals surface area contributed by atoms with Gasteiger partial charge < -0.3 is 20.0 Å². The third-order valence-corrected chi connectivity index (χ3v) is 6.05. The Morgan fingerprint density at radius 2 is 1.63 bits per heavy atom. The van der Waals surface area contributed by atoms with E-state index >= 15 is 0 Å². The van der Waals surface area contributed by atoms with Crippen molar-refractivity contribution in [2.24, 2.45) is 5.92 Å². The molecule has 2 aromatic rings. The SMILES string of the molecule is CN1CCC(C(=O)N2CCN(c3ccc(NC(=O)c4ccccc4)nc3)CC2)CC1. The fourth-order valence-corrected chi connectivity index (χ4v) is 4.12. The first-order valence-electron chi connectivity index (χ1n) is 10.6. The number of hydrogen-bond donors (Lipinski definition) is 1. The van der Waals surface area contributed by atoms with Crippen molar-refractivity contribution in [3.63, 3.8) is 0 Å². The van der Waals surface area contributed by atoms with Gasteiger partial charge in [-0.25, -0.2) is 4.98 Å². The van der Waals surface area contributed by atoms with Gasteiger partial charge in [-0.15, -0.1) is 0 Å². The summed E-state index contributed by atoms with van der Waals surface area (Å²) in [5, 5.41) is 2.82. The number of rotatable bonds is 4. The average Bonchev–Trinajstić information content (AvgIpc) is 2.80. The van der Waals surface area contributed by atoms with E-state index in [0.717, 1.165) is 57.8 Å². The normalized spacial score (nSPS) is 18.3. The summed E-state index contributed by atoms with van der Waals surface area (Å²) in [4.78, 5) is 36.0. The highest BCUT2D eigenvalue weighted by molar-refractivity contribution is 6.03. The van der Waals surface area contributed by atoms with Gasteiger partial charge in [0.15, 0.2) is 0 Å². The van der Waals surface area contributed by atoms with Crippen LogP contribution in [-0.2, 0) is 4.79 Å². The fourth-order valence-electron chi connectivity index (χ4n) is 4.12. The van der Waals surface area contributed by atoms with Gasteiger partial charge in [0.25, 0.3) is 5.91 Å². The molecule has 0 aliphatic carbocycles. The molecule has 2 aliphatic rings. The molecule has 4 rings (SSSR count). The van der Waals surface area contributed by atoms with E-state index in [2.05, 4.69) is 27.1 Å². The molecular formula is C23H29N5O2. The molecule has 0 bridgehead atoms. The van der Waals surface area contributed by atoms with Crippen molar-refractivity contribution in [1.29, 1.82) is 0 Å². The minimum atomic E-state index is -0.170. The summed E-state index contributed by atoms with van der Waals surface area (Å²) < 4.78 is 0. The molecule has 2 aliphatic heterocycles. The highest BCUT2D eigenvalue weighted by atomic mass is 16.2. The van der Waals surface area contributed by atoms with Gasteiger partial charge in [0, 0.05) is 37.7 Å². The molecule has 0 saturated carbocycles. The number of benzene rings is 1. The Kier molecular flexibility index (Phi) is 6.28. The number of carbonyl (C=O) groups excluding carboxylic acids is 2. The summed E-state index contributed by atoms with van der Waals surface area (Å²) in [6, 6.07) is 12.9. The van der Waals surface area contributed by atoms with Crippen LogP contribution in [0.15, 0.2) is 48.7 Å². The number of aromatic nitrogens is 1. The molecule has 0 atom stereocenters. The van der Waals surface area contributed by atoms with E-state index in [-0.39, 0.29) is 11.8 Å². The maximum atomic E-state index is 12.8. The summed E-state index contributed by atoms with van der Waals surface area (Å²) in [7, 11) is 2.12. The molecule has 1 aromatic carbocycles. The van der Waals surface area contributed by atoms with E-state index in [9.17, 15) is 9.59 Å². The largest absolute Gasteiger partial charge is 0.367 e. The zero-order valence-corrected chi connectivity index (χ0v) is 17.5. The average molecular weight is 408 g/mol. The van der Waals surface area contributed by atoms with Crippen LogP contribution in [0.1, 0.15) is 23.2 Å². The minimum Gasteiger partial charge on any atom is -0.367 e. The molecule has 7 heteroatoms. The smallest absolute Gasteiger partial charge is 0.256 e. The lowest BCUT2D eigenvalue weighted by atomic mass is 9.95. The first-order valence-corrected chi connectivity index (χ1v) is 10.6. The van der Waals surface area contributed by atoms with Crippen LogP contribution >= 0.6 is 0 Å². The van der Waals surface area contributed by atoms with Crippen molar-refractivity contribution in [2.75, 3.05) is 56.5 Å². The molecule has 1 aromatic heterocycles. The molecule has 2 saturated heterocycles. The Morgan fingerprint density at radius 1 is 0.933 bits per heavy atom. The van der Waals surface area contributed by atoms with Crippen LogP contribution in [0.5, 0.6) is 0 Å². The lowest BCUT2D eigenvalue weighted by molar-refractivity contribution is -0.137. The zero-order chi connectivity index (χ0) is 20.9. The summed E-state index contributed by atoms with van der Waals surface area (Å²) in [5.41, 5.74) is 1.62. The lowest BCUT2D eigenvalue weighted by Gasteiger charge is -2.38. The number of piperidine rings is 1. The van der Waals surface area contributed by atoms with Gasteiger partial charge in [-0.05, 0) is 57.2 Å². The van der Waals surface area contributed by atoms with E-state index in [1.807, 2.05) is 35.2 Å². The second-order valence-electron chi connectivity index (χ2n) is 8.11. The third-order valence-electron chi connectivity index (χ3n) is 6.05. The van der Waals surface area contributed by atoms with Crippen molar-refractivity contribution >= 4 is 23.3 Å². The number of pyridine rings is 1. The summed E-state index contributed by atoms with van der Waals surface area (Å²) in [6.07, 6.45) is 3.72. The third kappa shape index (κ3) is 4.79. The quantitative estimate of drug-likeness (QED) is 0.843. The molecule has 0 radical (unpaired) electrons. The van der Waals surface area contributed by atoms with Crippen LogP contribution in [-0.4, -0.2) is 72.9 Å². The second kappa shape index (κ2) is 9.26. The number of hydrogen-bond acceptors (Lipinski definition) is 5. The zero-order valence-electron chi connectivity index (χ0n) is 17.5. The van der Waals surface area contributed by atoms with Crippen LogP contribution in [0.2, 0.25) is 0 Å². The molecule has 3 heterocycles. The minimum absolute atomic E-state index is 0.170. The number of carbonyl (C=O) groups is 2. The van der Waals surface area contributed by atoms with Gasteiger partial charge >= 0.3 is 0 Å². The van der Waals surface area contributed by atoms with Gasteiger partial charge in [-0.3, -0.25) is 9.59 Å². The predicted molar refractivity (Wildman–Crippen MR) is 118 cm³/mol. The molecule has 1 N–H and O–H groups in total. The number of amides is 2. The highest BCUT2D eigenvalue weighted by Crippen LogP contribution is 2.22. The van der Waals surface area contributed by atoms with Gasteiger partial charge in [0.2, 0.25) is 5.91 Å². The van der Waals surface area contributed by atoms with Gasteiger partial charge in [0.1, 0.15) is 5.82 Å². The van der Waals surface area contributed by atoms with Gasteiger partial charge in [-0.1, -0.05) is 18.2 Å². The van der Waals surface area contributed by atoms with Gasteiger partial charge in [-0.2, -0.15) is 0 Å². The molecule has 0 spiro atoms. The monoisotopic (exact) mass is 407 g/mol. The molecular weight excluding hydrogens is 378 g/mol. The van der Waals surface area contributed by atoms with E-state index in [1.165, 1.54) is 0 Å². The van der Waals surface area contributed by atoms with Crippen LogP contribution in [0.3, 0.4) is 0 Å². The summed E-state index contributed by atoms with van der Waals surface area (Å²) in [5.74, 6) is 0.863. The Balaban J connectivity index is 1.28. The van der Waals surface area contributed by atoms with Crippen LogP contribution < -0.4 is 10.2 Å². The highest BCUT2D eigenvalue weighted by Gasteiger charge is 2.29. The molecule has 0 unspecified atom stereocenters. The number of nitrogens with one attached hydrogen (secondary N) is 1. The molecule has 2 amide bonds. The van der Waals surface area contributed by atoms with E-state index in [1.54, 1.807) is 18.3 Å². The molecule has 158 valence electrons. The number of anilines is 2. The second-order valence-corrected chi connectivity index (χ2v) is 8.11. The molecule has 2 fully saturated rings.